The van der Waals surface area contributed by atoms with Gasteiger partial charge in [0.05, 0.1) is 15.9 Å². The summed E-state index contributed by atoms with van der Waals surface area (Å²) >= 11 is 0. The molecule has 0 saturated carbocycles. The number of rotatable bonds is 6. The zero-order chi connectivity index (χ0) is 17.8. The lowest BCUT2D eigenvalue weighted by Crippen LogP contribution is -2.19. The van der Waals surface area contributed by atoms with Crippen molar-refractivity contribution in [3.8, 4) is 0 Å². The lowest BCUT2D eigenvalue weighted by molar-refractivity contribution is -0.393. The fourth-order valence-electron chi connectivity index (χ4n) is 2.82. The van der Waals surface area contributed by atoms with Crippen molar-refractivity contribution in [3.63, 3.8) is 0 Å². The molecule has 130 valence electrons. The predicted octanol–water partition coefficient (Wildman–Crippen LogP) is 3.11. The SMILES string of the molecule is O=[N+]([O-])c1ccc(NCc2ccnc(N3CCCC3)c2)c([N+](=O)[O-])c1. The minimum Gasteiger partial charge on any atom is -0.375 e. The average Bonchev–Trinajstić information content (AvgIpc) is 3.14. The van der Waals surface area contributed by atoms with Crippen LogP contribution in [0.4, 0.5) is 22.9 Å². The fourth-order valence-corrected chi connectivity index (χ4v) is 2.82. The highest BCUT2D eigenvalue weighted by Crippen LogP contribution is 2.29. The van der Waals surface area contributed by atoms with Crippen LogP contribution in [0.15, 0.2) is 36.5 Å². The van der Waals surface area contributed by atoms with Gasteiger partial charge in [-0.2, -0.15) is 0 Å². The summed E-state index contributed by atoms with van der Waals surface area (Å²) in [5.74, 6) is 0.898. The third-order valence-electron chi connectivity index (χ3n) is 4.11. The number of nitrogens with one attached hydrogen (secondary N) is 1. The Morgan fingerprint density at radius 1 is 1.08 bits per heavy atom. The molecule has 1 N–H and O–H groups in total. The van der Waals surface area contributed by atoms with Gasteiger partial charge < -0.3 is 10.2 Å². The summed E-state index contributed by atoms with van der Waals surface area (Å²) in [6.07, 6.45) is 4.02. The first-order chi connectivity index (χ1) is 12.0. The van der Waals surface area contributed by atoms with E-state index in [0.717, 1.165) is 43.4 Å². The number of aromatic nitrogens is 1. The summed E-state index contributed by atoms with van der Waals surface area (Å²) < 4.78 is 0. The van der Waals surface area contributed by atoms with Crippen LogP contribution in [-0.2, 0) is 6.54 Å². The maximum atomic E-state index is 11.2. The minimum atomic E-state index is -0.651. The van der Waals surface area contributed by atoms with Crippen LogP contribution in [0.3, 0.4) is 0 Å². The van der Waals surface area contributed by atoms with E-state index in [1.54, 1.807) is 6.20 Å². The normalized spacial score (nSPS) is 13.7. The van der Waals surface area contributed by atoms with E-state index in [1.165, 1.54) is 12.1 Å². The molecule has 0 radical (unpaired) electrons. The molecule has 2 heterocycles. The molecule has 0 atom stereocenters. The van der Waals surface area contributed by atoms with Crippen LogP contribution in [0.2, 0.25) is 0 Å². The Morgan fingerprint density at radius 3 is 2.52 bits per heavy atom. The van der Waals surface area contributed by atoms with Crippen molar-refractivity contribution in [2.45, 2.75) is 19.4 Å². The number of nitro benzene ring substituents is 2. The zero-order valence-corrected chi connectivity index (χ0v) is 13.4. The first kappa shape index (κ1) is 16.6. The van der Waals surface area contributed by atoms with Gasteiger partial charge in [0.15, 0.2) is 0 Å². The second-order valence-corrected chi connectivity index (χ2v) is 5.79. The molecule has 1 saturated heterocycles. The predicted molar refractivity (Wildman–Crippen MR) is 92.8 cm³/mol. The molecule has 1 fully saturated rings. The van der Waals surface area contributed by atoms with Gasteiger partial charge in [-0.25, -0.2) is 4.98 Å². The summed E-state index contributed by atoms with van der Waals surface area (Å²) in [5, 5.41) is 24.9. The van der Waals surface area contributed by atoms with E-state index in [1.807, 2.05) is 12.1 Å². The smallest absolute Gasteiger partial charge is 0.299 e. The van der Waals surface area contributed by atoms with Crippen molar-refractivity contribution in [2.75, 3.05) is 23.3 Å². The number of nitro groups is 2. The third kappa shape index (κ3) is 3.82. The largest absolute Gasteiger partial charge is 0.375 e. The molecule has 9 heteroatoms. The number of pyridine rings is 1. The average molecular weight is 343 g/mol. The first-order valence-electron chi connectivity index (χ1n) is 7.91. The molecule has 0 unspecified atom stereocenters. The maximum absolute atomic E-state index is 11.2. The molecule has 2 aromatic rings. The van der Waals surface area contributed by atoms with E-state index >= 15 is 0 Å². The van der Waals surface area contributed by atoms with Crippen LogP contribution in [0.25, 0.3) is 0 Å². The minimum absolute atomic E-state index is 0.245. The number of hydrogen-bond donors (Lipinski definition) is 1. The summed E-state index contributed by atoms with van der Waals surface area (Å²) in [6, 6.07) is 7.36. The number of benzene rings is 1. The summed E-state index contributed by atoms with van der Waals surface area (Å²) in [5.41, 5.74) is 0.556. The van der Waals surface area contributed by atoms with Gasteiger partial charge in [-0.3, -0.25) is 20.2 Å². The highest BCUT2D eigenvalue weighted by molar-refractivity contribution is 5.65. The van der Waals surface area contributed by atoms with Gasteiger partial charge in [-0.15, -0.1) is 0 Å². The fraction of sp³-hybridized carbons (Fsp3) is 0.312. The van der Waals surface area contributed by atoms with Gasteiger partial charge in [0.2, 0.25) is 0 Å². The molecule has 0 amide bonds. The van der Waals surface area contributed by atoms with Crippen molar-refractivity contribution >= 4 is 22.9 Å². The van der Waals surface area contributed by atoms with Crippen LogP contribution in [0.1, 0.15) is 18.4 Å². The molecule has 1 aromatic carbocycles. The van der Waals surface area contributed by atoms with E-state index in [2.05, 4.69) is 15.2 Å². The lowest BCUT2D eigenvalue weighted by atomic mass is 10.2. The molecule has 0 bridgehead atoms. The molecule has 1 aliphatic heterocycles. The van der Waals surface area contributed by atoms with Gasteiger partial charge in [0.1, 0.15) is 11.5 Å². The van der Waals surface area contributed by atoms with Crippen molar-refractivity contribution in [2.24, 2.45) is 0 Å². The van der Waals surface area contributed by atoms with E-state index in [9.17, 15) is 20.2 Å². The van der Waals surface area contributed by atoms with Crippen LogP contribution in [0, 0.1) is 20.2 Å². The molecule has 0 aliphatic carbocycles. The van der Waals surface area contributed by atoms with Crippen LogP contribution >= 0.6 is 0 Å². The highest BCUT2D eigenvalue weighted by Gasteiger charge is 2.19. The molecule has 3 rings (SSSR count). The first-order valence-corrected chi connectivity index (χ1v) is 7.91. The molecule has 0 spiro atoms. The quantitative estimate of drug-likeness (QED) is 0.633. The Kier molecular flexibility index (Phi) is 4.73. The number of hydrogen-bond acceptors (Lipinski definition) is 7. The van der Waals surface area contributed by atoms with Gasteiger partial charge in [0.25, 0.3) is 11.4 Å². The van der Waals surface area contributed by atoms with E-state index in [-0.39, 0.29) is 17.1 Å². The second kappa shape index (κ2) is 7.12. The molecule has 1 aromatic heterocycles. The Bertz CT molecular complexity index is 805. The third-order valence-corrected chi connectivity index (χ3v) is 4.11. The Labute approximate surface area is 143 Å². The standard InChI is InChI=1S/C16H17N5O4/c22-20(23)13-3-4-14(15(10-13)21(24)25)18-11-12-5-6-17-16(9-12)19-7-1-2-8-19/h3-6,9-10,18H,1-2,7-8,11H2. The summed E-state index contributed by atoms with van der Waals surface area (Å²) in [7, 11) is 0. The van der Waals surface area contributed by atoms with Crippen molar-refractivity contribution in [1.29, 1.82) is 0 Å². The number of nitrogens with zero attached hydrogens (tertiary/aromatic N) is 4. The topological polar surface area (TPSA) is 114 Å². The van der Waals surface area contributed by atoms with Crippen molar-refractivity contribution in [1.82, 2.24) is 4.98 Å². The van der Waals surface area contributed by atoms with E-state index in [4.69, 9.17) is 0 Å². The Balaban J connectivity index is 1.76. The highest BCUT2D eigenvalue weighted by atomic mass is 16.6. The Hall–Kier alpha value is -3.23. The van der Waals surface area contributed by atoms with Gasteiger partial charge >= 0.3 is 0 Å². The molecule has 25 heavy (non-hydrogen) atoms. The van der Waals surface area contributed by atoms with Crippen LogP contribution in [-0.4, -0.2) is 27.9 Å². The Morgan fingerprint density at radius 2 is 1.84 bits per heavy atom. The zero-order valence-electron chi connectivity index (χ0n) is 13.4. The second-order valence-electron chi connectivity index (χ2n) is 5.79. The monoisotopic (exact) mass is 343 g/mol. The summed E-state index contributed by atoms with van der Waals surface area (Å²) in [4.78, 5) is 27.2. The van der Waals surface area contributed by atoms with Crippen LogP contribution in [0.5, 0.6) is 0 Å². The van der Waals surface area contributed by atoms with Gasteiger partial charge in [-0.1, -0.05) is 0 Å². The van der Waals surface area contributed by atoms with E-state index < -0.39 is 9.85 Å². The number of non-ortho nitro benzene ring substituents is 1. The number of anilines is 2. The van der Waals surface area contributed by atoms with Crippen LogP contribution < -0.4 is 10.2 Å². The van der Waals surface area contributed by atoms with Crippen molar-refractivity contribution in [3.05, 3.63) is 62.3 Å². The van der Waals surface area contributed by atoms with Gasteiger partial charge in [0, 0.05) is 31.9 Å². The van der Waals surface area contributed by atoms with Crippen molar-refractivity contribution < 1.29 is 9.85 Å². The molecule has 1 aliphatic rings. The maximum Gasteiger partial charge on any atom is 0.299 e. The lowest BCUT2D eigenvalue weighted by Gasteiger charge is -2.17. The van der Waals surface area contributed by atoms with E-state index in [0.29, 0.717) is 6.54 Å². The van der Waals surface area contributed by atoms with Gasteiger partial charge in [-0.05, 0) is 36.6 Å². The molecular weight excluding hydrogens is 326 g/mol. The summed E-state index contributed by atoms with van der Waals surface area (Å²) in [6.45, 7) is 2.33. The molecular formula is C16H17N5O4. The molecule has 9 nitrogen and oxygen atoms in total.